The first kappa shape index (κ1) is 15.5. The SMILES string of the molecule is COc1cc2ncc3ccn(-c4ccc(CN)cc4)c3c2cc1OC. The van der Waals surface area contributed by atoms with E-state index in [-0.39, 0.29) is 0 Å². The maximum Gasteiger partial charge on any atom is 0.162 e. The van der Waals surface area contributed by atoms with Crippen LogP contribution in [0.2, 0.25) is 0 Å². The molecule has 0 unspecified atom stereocenters. The molecule has 0 fully saturated rings. The smallest absolute Gasteiger partial charge is 0.162 e. The highest BCUT2D eigenvalue weighted by atomic mass is 16.5. The number of nitrogens with two attached hydrogens (primary N) is 1. The number of pyridine rings is 1. The summed E-state index contributed by atoms with van der Waals surface area (Å²) in [4.78, 5) is 4.56. The monoisotopic (exact) mass is 333 g/mol. The standard InChI is InChI=1S/C20H19N3O2/c1-24-18-9-16-17(10-19(18)25-2)22-12-14-7-8-23(20(14)16)15-5-3-13(11-21)4-6-15/h3-10,12H,11,21H2,1-2H3. The van der Waals surface area contributed by atoms with Gasteiger partial charge >= 0.3 is 0 Å². The van der Waals surface area contributed by atoms with E-state index in [1.54, 1.807) is 14.2 Å². The average Bonchev–Trinajstić information content (AvgIpc) is 3.11. The van der Waals surface area contributed by atoms with Gasteiger partial charge in [-0.05, 0) is 29.8 Å². The van der Waals surface area contributed by atoms with Crippen molar-refractivity contribution in [3.05, 3.63) is 60.4 Å². The number of rotatable bonds is 4. The third-order valence-electron chi connectivity index (χ3n) is 4.47. The van der Waals surface area contributed by atoms with Crippen molar-refractivity contribution < 1.29 is 9.47 Å². The van der Waals surface area contributed by atoms with E-state index in [0.29, 0.717) is 18.0 Å². The number of methoxy groups -OCH3 is 2. The Morgan fingerprint density at radius 2 is 1.72 bits per heavy atom. The van der Waals surface area contributed by atoms with E-state index < -0.39 is 0 Å². The van der Waals surface area contributed by atoms with Crippen LogP contribution in [0.3, 0.4) is 0 Å². The molecule has 0 aliphatic rings. The molecule has 0 aliphatic heterocycles. The minimum absolute atomic E-state index is 0.538. The summed E-state index contributed by atoms with van der Waals surface area (Å²) in [5.74, 6) is 1.36. The lowest BCUT2D eigenvalue weighted by molar-refractivity contribution is 0.356. The molecule has 0 radical (unpaired) electrons. The summed E-state index contributed by atoms with van der Waals surface area (Å²) in [5, 5.41) is 2.09. The zero-order chi connectivity index (χ0) is 17.4. The molecule has 0 amide bonds. The van der Waals surface area contributed by atoms with E-state index in [4.69, 9.17) is 15.2 Å². The molecule has 0 saturated heterocycles. The Balaban J connectivity index is 2.00. The summed E-state index contributed by atoms with van der Waals surface area (Å²) in [6, 6.07) is 14.2. The molecule has 2 aromatic heterocycles. The van der Waals surface area contributed by atoms with Crippen molar-refractivity contribution in [2.45, 2.75) is 6.54 Å². The number of hydrogen-bond donors (Lipinski definition) is 1. The lowest BCUT2D eigenvalue weighted by atomic mass is 10.1. The van der Waals surface area contributed by atoms with Gasteiger partial charge in [-0.3, -0.25) is 4.98 Å². The minimum atomic E-state index is 0.538. The number of aromatic nitrogens is 2. The van der Waals surface area contributed by atoms with Gasteiger partial charge in [0.1, 0.15) is 0 Å². The normalized spacial score (nSPS) is 11.2. The Labute approximate surface area is 145 Å². The predicted molar refractivity (Wildman–Crippen MR) is 99.6 cm³/mol. The molecule has 0 spiro atoms. The van der Waals surface area contributed by atoms with Gasteiger partial charge in [0.25, 0.3) is 0 Å². The second kappa shape index (κ2) is 6.11. The van der Waals surface area contributed by atoms with Gasteiger partial charge in [0.15, 0.2) is 11.5 Å². The van der Waals surface area contributed by atoms with Crippen LogP contribution in [0, 0.1) is 0 Å². The molecule has 25 heavy (non-hydrogen) atoms. The van der Waals surface area contributed by atoms with Crippen LogP contribution in [0.25, 0.3) is 27.5 Å². The molecule has 0 bridgehead atoms. The maximum atomic E-state index is 5.70. The summed E-state index contributed by atoms with van der Waals surface area (Å²) >= 11 is 0. The Morgan fingerprint density at radius 1 is 1.00 bits per heavy atom. The highest BCUT2D eigenvalue weighted by Gasteiger charge is 2.13. The lowest BCUT2D eigenvalue weighted by Gasteiger charge is -2.12. The van der Waals surface area contributed by atoms with Crippen LogP contribution in [-0.4, -0.2) is 23.8 Å². The predicted octanol–water partition coefficient (Wildman–Crippen LogP) is 3.65. The average molecular weight is 333 g/mol. The van der Waals surface area contributed by atoms with Crippen molar-refractivity contribution >= 4 is 21.8 Å². The van der Waals surface area contributed by atoms with Crippen LogP contribution in [0.5, 0.6) is 11.5 Å². The highest BCUT2D eigenvalue weighted by molar-refractivity contribution is 6.05. The van der Waals surface area contributed by atoms with Crippen LogP contribution < -0.4 is 15.2 Å². The van der Waals surface area contributed by atoms with Crippen LogP contribution in [0.1, 0.15) is 5.56 Å². The van der Waals surface area contributed by atoms with Crippen LogP contribution in [-0.2, 0) is 6.54 Å². The molecule has 5 heteroatoms. The third kappa shape index (κ3) is 2.49. The second-order valence-corrected chi connectivity index (χ2v) is 5.84. The molecular formula is C20H19N3O2. The topological polar surface area (TPSA) is 62.3 Å². The number of nitrogens with zero attached hydrogens (tertiary/aromatic N) is 2. The maximum absolute atomic E-state index is 5.70. The van der Waals surface area contributed by atoms with Gasteiger partial charge in [-0.25, -0.2) is 0 Å². The van der Waals surface area contributed by atoms with Gasteiger partial charge in [0, 0.05) is 41.5 Å². The van der Waals surface area contributed by atoms with E-state index in [9.17, 15) is 0 Å². The fourth-order valence-electron chi connectivity index (χ4n) is 3.15. The Kier molecular flexibility index (Phi) is 3.78. The zero-order valence-electron chi connectivity index (χ0n) is 14.2. The first-order chi connectivity index (χ1) is 12.2. The van der Waals surface area contributed by atoms with Gasteiger partial charge in [-0.1, -0.05) is 12.1 Å². The summed E-state index contributed by atoms with van der Waals surface area (Å²) < 4.78 is 13.0. The summed E-state index contributed by atoms with van der Waals surface area (Å²) in [6.45, 7) is 0.538. The first-order valence-electron chi connectivity index (χ1n) is 8.06. The number of benzene rings is 2. The van der Waals surface area contributed by atoms with Crippen molar-refractivity contribution in [1.29, 1.82) is 0 Å². The van der Waals surface area contributed by atoms with E-state index in [1.165, 1.54) is 0 Å². The third-order valence-corrected chi connectivity index (χ3v) is 4.47. The van der Waals surface area contributed by atoms with Crippen molar-refractivity contribution in [1.82, 2.24) is 9.55 Å². The summed E-state index contributed by atoms with van der Waals surface area (Å²) in [6.07, 6.45) is 3.94. The van der Waals surface area contributed by atoms with E-state index >= 15 is 0 Å². The fourth-order valence-corrected chi connectivity index (χ4v) is 3.15. The van der Waals surface area contributed by atoms with Crippen molar-refractivity contribution in [3.63, 3.8) is 0 Å². The van der Waals surface area contributed by atoms with Gasteiger partial charge in [0.2, 0.25) is 0 Å². The second-order valence-electron chi connectivity index (χ2n) is 5.84. The lowest BCUT2D eigenvalue weighted by Crippen LogP contribution is -1.98. The summed E-state index contributed by atoms with van der Waals surface area (Å²) in [5.41, 5.74) is 9.84. The number of fused-ring (bicyclic) bond motifs is 3. The molecule has 2 aromatic carbocycles. The molecule has 0 atom stereocenters. The van der Waals surface area contributed by atoms with Gasteiger partial charge in [0.05, 0.1) is 25.3 Å². The molecule has 0 aliphatic carbocycles. The largest absolute Gasteiger partial charge is 0.493 e. The Morgan fingerprint density at radius 3 is 2.40 bits per heavy atom. The highest BCUT2D eigenvalue weighted by Crippen LogP contribution is 2.35. The molecule has 2 heterocycles. The zero-order valence-corrected chi connectivity index (χ0v) is 14.2. The molecule has 2 N–H and O–H groups in total. The Bertz CT molecular complexity index is 1050. The van der Waals surface area contributed by atoms with Crippen LogP contribution in [0.15, 0.2) is 54.9 Å². The number of ether oxygens (including phenoxy) is 2. The van der Waals surface area contributed by atoms with E-state index in [0.717, 1.165) is 33.1 Å². The van der Waals surface area contributed by atoms with E-state index in [1.807, 2.05) is 30.5 Å². The van der Waals surface area contributed by atoms with Crippen molar-refractivity contribution in [2.75, 3.05) is 14.2 Å². The minimum Gasteiger partial charge on any atom is -0.493 e. The molecule has 5 nitrogen and oxygen atoms in total. The van der Waals surface area contributed by atoms with Crippen molar-refractivity contribution in [3.8, 4) is 17.2 Å². The molecule has 4 rings (SSSR count). The molecule has 126 valence electrons. The molecule has 0 saturated carbocycles. The van der Waals surface area contributed by atoms with E-state index in [2.05, 4.69) is 33.9 Å². The quantitative estimate of drug-likeness (QED) is 0.619. The Hall–Kier alpha value is -3.05. The number of hydrogen-bond acceptors (Lipinski definition) is 4. The van der Waals surface area contributed by atoms with Crippen LogP contribution >= 0.6 is 0 Å². The van der Waals surface area contributed by atoms with Gasteiger partial charge in [-0.15, -0.1) is 0 Å². The first-order valence-corrected chi connectivity index (χ1v) is 8.06. The molecule has 4 aromatic rings. The summed E-state index contributed by atoms with van der Waals surface area (Å²) in [7, 11) is 3.27. The fraction of sp³-hybridized carbons (Fsp3) is 0.150. The van der Waals surface area contributed by atoms with Crippen molar-refractivity contribution in [2.24, 2.45) is 5.73 Å². The molecular weight excluding hydrogens is 314 g/mol. The van der Waals surface area contributed by atoms with Gasteiger partial charge < -0.3 is 19.8 Å². The van der Waals surface area contributed by atoms with Gasteiger partial charge in [-0.2, -0.15) is 0 Å². The van der Waals surface area contributed by atoms with Crippen LogP contribution in [0.4, 0.5) is 0 Å².